The molecule has 3 rings (SSSR count). The Balaban J connectivity index is 1.54. The van der Waals surface area contributed by atoms with Gasteiger partial charge in [0.1, 0.15) is 28.6 Å². The number of rotatable bonds is 18. The van der Waals surface area contributed by atoms with Gasteiger partial charge in [0.25, 0.3) is 0 Å². The van der Waals surface area contributed by atoms with Gasteiger partial charge in [-0.05, 0) is 86.3 Å². The van der Waals surface area contributed by atoms with Crippen molar-refractivity contribution >= 4 is 29.6 Å². The van der Waals surface area contributed by atoms with E-state index in [2.05, 4.69) is 18.0 Å². The van der Waals surface area contributed by atoms with Crippen molar-refractivity contribution in [3.63, 3.8) is 0 Å². The SMILES string of the molecule is [C-]#[N+]c1c(OC(=O)c2ccc(OCCCCOC(=O)C=C)cc2)ccc(OC(=O)c2ccc(OCCCCOC(=O)C=C)cc2)c1C#N. The van der Waals surface area contributed by atoms with Crippen molar-refractivity contribution in [1.82, 2.24) is 0 Å². The molecule has 0 bridgehead atoms. The van der Waals surface area contributed by atoms with E-state index in [9.17, 15) is 24.4 Å². The molecule has 0 aliphatic carbocycles. The lowest BCUT2D eigenvalue weighted by molar-refractivity contribution is -0.138. The van der Waals surface area contributed by atoms with Crippen LogP contribution in [0.3, 0.4) is 0 Å². The summed E-state index contributed by atoms with van der Waals surface area (Å²) in [7, 11) is 0. The number of carbonyl (C=O) groups excluding carboxylic acids is 4. The molecule has 0 radical (unpaired) electrons. The Hall–Kier alpha value is -6.40. The molecule has 0 saturated carbocycles. The number of nitriles is 1. The standard InChI is InChI=1S/C36H32N2O10/c1-4-32(39)45-22-8-6-20-43-27-14-10-25(11-15-27)35(41)47-30-18-19-31(34(38-3)29(30)24-37)48-36(42)26-12-16-28(17-13-26)44-21-7-9-23-46-33(40)5-2/h4-5,10-19H,1-2,6-9,20-23H2. The van der Waals surface area contributed by atoms with Crippen LogP contribution in [0.4, 0.5) is 5.69 Å². The minimum Gasteiger partial charge on any atom is -0.494 e. The van der Waals surface area contributed by atoms with Gasteiger partial charge in [-0.1, -0.05) is 13.2 Å². The first kappa shape index (κ1) is 36.1. The minimum atomic E-state index is -0.777. The third-order valence-corrected chi connectivity index (χ3v) is 6.35. The van der Waals surface area contributed by atoms with Crippen LogP contribution < -0.4 is 18.9 Å². The Labute approximate surface area is 277 Å². The fourth-order valence-electron chi connectivity index (χ4n) is 3.88. The molecule has 0 saturated heterocycles. The van der Waals surface area contributed by atoms with Crippen LogP contribution >= 0.6 is 0 Å². The normalized spacial score (nSPS) is 9.96. The predicted octanol–water partition coefficient (Wildman–Crippen LogP) is 6.32. The molecule has 0 aliphatic heterocycles. The van der Waals surface area contributed by atoms with E-state index in [1.165, 1.54) is 36.4 Å². The zero-order valence-corrected chi connectivity index (χ0v) is 26.0. The Kier molecular flexibility index (Phi) is 14.4. The Bertz CT molecular complexity index is 1570. The van der Waals surface area contributed by atoms with E-state index in [1.54, 1.807) is 24.3 Å². The smallest absolute Gasteiger partial charge is 0.343 e. The number of esters is 4. The Morgan fingerprint density at radius 3 is 1.50 bits per heavy atom. The zero-order valence-electron chi connectivity index (χ0n) is 26.0. The molecule has 0 amide bonds. The second-order valence-corrected chi connectivity index (χ2v) is 9.69. The molecule has 0 unspecified atom stereocenters. The molecule has 0 aliphatic rings. The monoisotopic (exact) mass is 652 g/mol. The third kappa shape index (κ3) is 11.2. The van der Waals surface area contributed by atoms with Crippen LogP contribution in [0.2, 0.25) is 0 Å². The van der Waals surface area contributed by atoms with Crippen molar-refractivity contribution in [2.45, 2.75) is 25.7 Å². The van der Waals surface area contributed by atoms with Gasteiger partial charge in [0.2, 0.25) is 5.69 Å². The van der Waals surface area contributed by atoms with Crippen LogP contribution in [-0.4, -0.2) is 50.3 Å². The number of unbranched alkanes of at least 4 members (excludes halogenated alkanes) is 2. The topological polar surface area (TPSA) is 152 Å². The lowest BCUT2D eigenvalue weighted by Gasteiger charge is -2.12. The first-order valence-corrected chi connectivity index (χ1v) is 14.7. The first-order valence-electron chi connectivity index (χ1n) is 14.7. The third-order valence-electron chi connectivity index (χ3n) is 6.35. The maximum atomic E-state index is 12.8. The van der Waals surface area contributed by atoms with Crippen LogP contribution in [0.15, 0.2) is 86.0 Å². The molecule has 0 heterocycles. The molecule has 48 heavy (non-hydrogen) atoms. The lowest BCUT2D eigenvalue weighted by atomic mass is 10.1. The Morgan fingerprint density at radius 2 is 1.08 bits per heavy atom. The van der Waals surface area contributed by atoms with Gasteiger partial charge in [-0.3, -0.25) is 0 Å². The summed E-state index contributed by atoms with van der Waals surface area (Å²) in [5, 5.41) is 9.78. The first-order chi connectivity index (χ1) is 23.3. The van der Waals surface area contributed by atoms with Crippen molar-refractivity contribution in [1.29, 1.82) is 5.26 Å². The van der Waals surface area contributed by atoms with Crippen LogP contribution in [0.1, 0.15) is 52.0 Å². The van der Waals surface area contributed by atoms with Crippen LogP contribution in [0.5, 0.6) is 23.0 Å². The van der Waals surface area contributed by atoms with E-state index in [4.69, 9.17) is 35.0 Å². The summed E-state index contributed by atoms with van der Waals surface area (Å²) >= 11 is 0. The molecule has 0 aromatic heterocycles. The summed E-state index contributed by atoms with van der Waals surface area (Å²) in [6.45, 7) is 15.5. The van der Waals surface area contributed by atoms with Gasteiger partial charge in [-0.15, -0.1) is 0 Å². The van der Waals surface area contributed by atoms with Gasteiger partial charge in [0.05, 0.1) is 50.2 Å². The van der Waals surface area contributed by atoms with Crippen LogP contribution in [0, 0.1) is 17.9 Å². The Morgan fingerprint density at radius 1 is 0.667 bits per heavy atom. The molecular formula is C36H32N2O10. The van der Waals surface area contributed by atoms with Crippen LogP contribution in [0.25, 0.3) is 4.85 Å². The number of benzene rings is 3. The predicted molar refractivity (Wildman–Crippen MR) is 172 cm³/mol. The molecule has 0 spiro atoms. The summed E-state index contributed by atoms with van der Waals surface area (Å²) in [4.78, 5) is 51.0. The van der Waals surface area contributed by atoms with Gasteiger partial charge in [0, 0.05) is 12.2 Å². The van der Waals surface area contributed by atoms with Crippen molar-refractivity contribution in [3.8, 4) is 29.1 Å². The largest absolute Gasteiger partial charge is 0.494 e. The second-order valence-electron chi connectivity index (χ2n) is 9.69. The highest BCUT2D eigenvalue weighted by Gasteiger charge is 2.21. The fraction of sp³-hybridized carbons (Fsp3) is 0.222. The van der Waals surface area contributed by atoms with Crippen molar-refractivity contribution in [2.24, 2.45) is 0 Å². The molecule has 246 valence electrons. The zero-order chi connectivity index (χ0) is 34.7. The van der Waals surface area contributed by atoms with Crippen molar-refractivity contribution in [3.05, 3.63) is 114 Å². The maximum absolute atomic E-state index is 12.8. The van der Waals surface area contributed by atoms with Gasteiger partial charge in [0.15, 0.2) is 0 Å². The highest BCUT2D eigenvalue weighted by atomic mass is 16.5. The van der Waals surface area contributed by atoms with Gasteiger partial charge < -0.3 is 28.4 Å². The van der Waals surface area contributed by atoms with Gasteiger partial charge in [-0.2, -0.15) is 5.26 Å². The molecule has 3 aromatic carbocycles. The molecule has 0 N–H and O–H groups in total. The maximum Gasteiger partial charge on any atom is 0.343 e. The number of ether oxygens (including phenoxy) is 6. The summed E-state index contributed by atoms with van der Waals surface area (Å²) in [5.41, 5.74) is -0.225. The summed E-state index contributed by atoms with van der Waals surface area (Å²) in [5.74, 6) is -1.84. The average molecular weight is 653 g/mol. The molecule has 0 atom stereocenters. The average Bonchev–Trinajstić information content (AvgIpc) is 3.11. The highest BCUT2D eigenvalue weighted by molar-refractivity contribution is 5.94. The van der Waals surface area contributed by atoms with E-state index in [0.717, 1.165) is 12.2 Å². The van der Waals surface area contributed by atoms with Gasteiger partial charge in [-0.25, -0.2) is 24.0 Å². The van der Waals surface area contributed by atoms with E-state index in [-0.39, 0.29) is 47.1 Å². The van der Waals surface area contributed by atoms with Crippen molar-refractivity contribution in [2.75, 3.05) is 26.4 Å². The summed E-state index contributed by atoms with van der Waals surface area (Å²) < 4.78 is 31.9. The fourth-order valence-corrected chi connectivity index (χ4v) is 3.88. The van der Waals surface area contributed by atoms with Gasteiger partial charge >= 0.3 is 23.9 Å². The van der Waals surface area contributed by atoms with E-state index in [0.29, 0.717) is 50.4 Å². The van der Waals surface area contributed by atoms with Crippen molar-refractivity contribution < 1.29 is 47.6 Å². The number of hydrogen-bond donors (Lipinski definition) is 0. The van der Waals surface area contributed by atoms with E-state index >= 15 is 0 Å². The van der Waals surface area contributed by atoms with E-state index in [1.807, 2.05) is 6.07 Å². The molecule has 0 fully saturated rings. The molecule has 3 aromatic rings. The molecular weight excluding hydrogens is 620 g/mol. The van der Waals surface area contributed by atoms with E-state index < -0.39 is 23.9 Å². The molecule has 12 nitrogen and oxygen atoms in total. The molecule has 12 heteroatoms. The number of hydrogen-bond acceptors (Lipinski definition) is 11. The lowest BCUT2D eigenvalue weighted by Crippen LogP contribution is -2.11. The quantitative estimate of drug-likeness (QED) is 0.0499. The second kappa shape index (κ2) is 19.2. The minimum absolute atomic E-state index is 0.170. The number of nitrogens with zero attached hydrogens (tertiary/aromatic N) is 2. The highest BCUT2D eigenvalue weighted by Crippen LogP contribution is 2.38. The number of carbonyl (C=O) groups is 4. The van der Waals surface area contributed by atoms with Crippen LogP contribution in [-0.2, 0) is 19.1 Å². The summed E-state index contributed by atoms with van der Waals surface area (Å²) in [6.07, 6.45) is 4.70. The summed E-state index contributed by atoms with van der Waals surface area (Å²) in [6, 6.07) is 16.7.